The molecule has 90 valence electrons. The first-order valence-electron chi connectivity index (χ1n) is 5.12. The fourth-order valence-electron chi connectivity index (χ4n) is 1.36. The molecule has 0 fully saturated rings. The van der Waals surface area contributed by atoms with Gasteiger partial charge in [0, 0.05) is 0 Å². The Morgan fingerprint density at radius 3 is 2.40 bits per heavy atom. The van der Waals surface area contributed by atoms with Gasteiger partial charge in [0.05, 0.1) is 13.6 Å². The van der Waals surface area contributed by atoms with Crippen molar-refractivity contribution in [3.63, 3.8) is 0 Å². The summed E-state index contributed by atoms with van der Waals surface area (Å²) in [7, 11) is 2.06. The molecule has 0 spiro atoms. The van der Waals surface area contributed by atoms with Gasteiger partial charge in [0.15, 0.2) is 0 Å². The van der Waals surface area contributed by atoms with Crippen molar-refractivity contribution in [3.05, 3.63) is 18.7 Å². The van der Waals surface area contributed by atoms with Crippen LogP contribution in [0.25, 0.3) is 0 Å². The first-order valence-corrected chi connectivity index (χ1v) is 14.8. The fraction of sp³-hybridized carbons (Fsp3) is 0.700. The number of aromatic nitrogens is 2. The Morgan fingerprint density at radius 1 is 1.27 bits per heavy atom. The van der Waals surface area contributed by atoms with Crippen molar-refractivity contribution < 1.29 is 21.3 Å². The Balaban J connectivity index is 0.000000583. The third kappa shape index (κ3) is 9.81. The molecule has 0 saturated heterocycles. The van der Waals surface area contributed by atoms with E-state index in [4.69, 9.17) is 0 Å². The number of hydrogen-bond donors (Lipinski definition) is 0. The Hall–Kier alpha value is 0.900. The Morgan fingerprint density at radius 2 is 1.93 bits per heavy atom. The number of unbranched alkanes of at least 4 members (excludes halogenated alkanes) is 3. The molecule has 0 atom stereocenters. The molecule has 0 N–H and O–H groups in total. The standard InChI is InChI=1S/C10H19N2.Br2I/c1-3-4-5-6-7-12-9-8-11(2)10-12;1-3-2/h8-10H,3-7H2,1-2H3;/q+1;-1. The maximum atomic E-state index is 3.17. The monoisotopic (exact) mass is 452 g/mol. The van der Waals surface area contributed by atoms with E-state index in [2.05, 4.69) is 67.2 Å². The number of aryl methyl sites for hydroxylation is 2. The maximum absolute atomic E-state index is 3.17. The van der Waals surface area contributed by atoms with Gasteiger partial charge in [-0.1, -0.05) is 19.8 Å². The minimum Gasteiger partial charge on any atom is -0.240 e. The van der Waals surface area contributed by atoms with E-state index in [-0.39, 0.29) is 16.8 Å². The van der Waals surface area contributed by atoms with Gasteiger partial charge in [0.1, 0.15) is 12.4 Å². The normalized spacial score (nSPS) is 9.87. The number of imidazole rings is 1. The minimum atomic E-state index is 0.215. The van der Waals surface area contributed by atoms with Crippen molar-refractivity contribution in [1.82, 2.24) is 4.57 Å². The summed E-state index contributed by atoms with van der Waals surface area (Å²) in [5.74, 6) is 0. The van der Waals surface area contributed by atoms with Crippen LogP contribution in [0.2, 0.25) is 0 Å². The van der Waals surface area contributed by atoms with E-state index in [1.165, 1.54) is 32.2 Å². The summed E-state index contributed by atoms with van der Waals surface area (Å²) in [5.41, 5.74) is 0. The van der Waals surface area contributed by atoms with Crippen LogP contribution < -0.4 is 21.3 Å². The largest absolute Gasteiger partial charge is 0.243 e. The zero-order chi connectivity index (χ0) is 11.5. The number of hydrogen-bond acceptors (Lipinski definition) is 0. The second-order valence-electron chi connectivity index (χ2n) is 3.43. The van der Waals surface area contributed by atoms with Crippen molar-refractivity contribution in [2.75, 3.05) is 0 Å². The minimum absolute atomic E-state index is 0.215. The molecule has 0 amide bonds. The molecule has 0 aliphatic carbocycles. The molecule has 0 bridgehead atoms. The molecule has 0 aromatic carbocycles. The van der Waals surface area contributed by atoms with Gasteiger partial charge >= 0.3 is 42.1 Å². The molecule has 0 aliphatic rings. The summed E-state index contributed by atoms with van der Waals surface area (Å²) in [4.78, 5) is 0. The van der Waals surface area contributed by atoms with Gasteiger partial charge < -0.3 is 0 Å². The summed E-state index contributed by atoms with van der Waals surface area (Å²) in [6, 6.07) is 0. The van der Waals surface area contributed by atoms with E-state index in [9.17, 15) is 0 Å². The molecule has 0 aliphatic heterocycles. The number of halogens is 3. The third-order valence-electron chi connectivity index (χ3n) is 2.09. The van der Waals surface area contributed by atoms with Crippen LogP contribution >= 0.6 is 25.4 Å². The van der Waals surface area contributed by atoms with Crippen LogP contribution in [-0.2, 0) is 13.6 Å². The summed E-state index contributed by atoms with van der Waals surface area (Å²) >= 11 is 6.56. The molecular weight excluding hydrogens is 435 g/mol. The van der Waals surface area contributed by atoms with Crippen LogP contribution in [0.15, 0.2) is 18.7 Å². The van der Waals surface area contributed by atoms with E-state index in [0.29, 0.717) is 0 Å². The van der Waals surface area contributed by atoms with Gasteiger partial charge in [-0.25, -0.2) is 9.13 Å². The van der Waals surface area contributed by atoms with Crippen LogP contribution in [-0.4, -0.2) is 4.57 Å². The molecule has 1 aromatic heterocycles. The van der Waals surface area contributed by atoms with Crippen molar-refractivity contribution in [1.29, 1.82) is 0 Å². The zero-order valence-electron chi connectivity index (χ0n) is 9.30. The maximum Gasteiger partial charge on any atom is 0.243 e. The first kappa shape index (κ1) is 15.9. The predicted octanol–water partition coefficient (Wildman–Crippen LogP) is 0.588. The SMILES string of the molecule is Br[I-]Br.CCCCCCn1cc[n+](C)c1. The van der Waals surface area contributed by atoms with E-state index in [0.717, 1.165) is 0 Å². The molecule has 1 aromatic rings. The predicted molar refractivity (Wildman–Crippen MR) is 67.6 cm³/mol. The van der Waals surface area contributed by atoms with E-state index >= 15 is 0 Å². The smallest absolute Gasteiger partial charge is 0.240 e. The number of nitrogens with zero attached hydrogens (tertiary/aromatic N) is 2. The second-order valence-corrected chi connectivity index (χ2v) is 13.2. The Labute approximate surface area is 115 Å². The zero-order valence-corrected chi connectivity index (χ0v) is 14.6. The third-order valence-corrected chi connectivity index (χ3v) is 2.09. The van der Waals surface area contributed by atoms with Crippen LogP contribution in [0.3, 0.4) is 0 Å². The van der Waals surface area contributed by atoms with Crippen molar-refractivity contribution in [2.24, 2.45) is 7.05 Å². The molecule has 0 radical (unpaired) electrons. The average molecular weight is 454 g/mol. The first-order chi connectivity index (χ1) is 7.24. The molecule has 15 heavy (non-hydrogen) atoms. The van der Waals surface area contributed by atoms with Gasteiger partial charge in [-0.2, -0.15) is 0 Å². The Kier molecular flexibility index (Phi) is 12.1. The number of rotatable bonds is 5. The molecule has 5 heteroatoms. The topological polar surface area (TPSA) is 8.81 Å². The van der Waals surface area contributed by atoms with Crippen molar-refractivity contribution in [3.8, 4) is 0 Å². The average Bonchev–Trinajstić information content (AvgIpc) is 2.60. The van der Waals surface area contributed by atoms with E-state index < -0.39 is 0 Å². The van der Waals surface area contributed by atoms with Crippen LogP contribution in [0.5, 0.6) is 0 Å². The van der Waals surface area contributed by atoms with Crippen LogP contribution in [0.1, 0.15) is 32.6 Å². The summed E-state index contributed by atoms with van der Waals surface area (Å²) in [5, 5.41) is 0. The van der Waals surface area contributed by atoms with Crippen molar-refractivity contribution >= 4 is 25.4 Å². The van der Waals surface area contributed by atoms with Crippen LogP contribution in [0.4, 0.5) is 0 Å². The Bertz CT molecular complexity index is 241. The summed E-state index contributed by atoms with van der Waals surface area (Å²) < 4.78 is 4.33. The van der Waals surface area contributed by atoms with Gasteiger partial charge in [-0.05, 0) is 12.8 Å². The van der Waals surface area contributed by atoms with E-state index in [1.54, 1.807) is 0 Å². The quantitative estimate of drug-likeness (QED) is 0.350. The molecule has 0 unspecified atom stereocenters. The molecular formula is C10H19Br2IN2. The van der Waals surface area contributed by atoms with E-state index in [1.807, 2.05) is 0 Å². The van der Waals surface area contributed by atoms with Gasteiger partial charge in [0.25, 0.3) is 0 Å². The molecule has 0 saturated carbocycles. The summed E-state index contributed by atoms with van der Waals surface area (Å²) in [6.45, 7) is 3.41. The van der Waals surface area contributed by atoms with Gasteiger partial charge in [-0.3, -0.25) is 0 Å². The van der Waals surface area contributed by atoms with Crippen molar-refractivity contribution in [2.45, 2.75) is 39.2 Å². The summed E-state index contributed by atoms with van der Waals surface area (Å²) in [6.07, 6.45) is 11.7. The fourth-order valence-corrected chi connectivity index (χ4v) is 1.36. The molecule has 2 nitrogen and oxygen atoms in total. The molecule has 1 heterocycles. The second kappa shape index (κ2) is 11.4. The molecule has 1 rings (SSSR count). The van der Waals surface area contributed by atoms with Gasteiger partial charge in [0.2, 0.25) is 6.33 Å². The van der Waals surface area contributed by atoms with Crippen LogP contribution in [0, 0.1) is 0 Å². The van der Waals surface area contributed by atoms with Gasteiger partial charge in [-0.15, -0.1) is 0 Å².